The maximum Gasteiger partial charge on any atom is 0.0429 e. The van der Waals surface area contributed by atoms with Crippen LogP contribution in [0.5, 0.6) is 0 Å². The number of hydrogen-bond donors (Lipinski definition) is 3. The zero-order valence-corrected chi connectivity index (χ0v) is 7.93. The van der Waals surface area contributed by atoms with E-state index in [9.17, 15) is 0 Å². The molecule has 1 rings (SSSR count). The maximum atomic E-state index is 7.19. The minimum absolute atomic E-state index is 0.528. The van der Waals surface area contributed by atoms with E-state index in [4.69, 9.17) is 28.5 Å². The van der Waals surface area contributed by atoms with Crippen LogP contribution in [-0.2, 0) is 6.42 Å². The fourth-order valence-electron chi connectivity index (χ4n) is 1.24. The highest BCUT2D eigenvalue weighted by Crippen LogP contribution is 2.21. The van der Waals surface area contributed by atoms with Crippen LogP contribution < -0.4 is 11.5 Å². The zero-order valence-electron chi connectivity index (χ0n) is 7.18. The Bertz CT molecular complexity index is 323. The molecule has 0 bridgehead atoms. The molecule has 0 heterocycles. The lowest BCUT2D eigenvalue weighted by atomic mass is 10.0. The molecular weight excluding hydrogens is 186 g/mol. The van der Waals surface area contributed by atoms with Gasteiger partial charge in [0.1, 0.15) is 0 Å². The SMILES string of the molecule is N=Cc1c(N)cc(Cl)cc1CCN. The summed E-state index contributed by atoms with van der Waals surface area (Å²) in [5, 5.41) is 7.77. The van der Waals surface area contributed by atoms with Crippen molar-refractivity contribution in [2.45, 2.75) is 6.42 Å². The molecule has 0 aliphatic rings. The molecule has 0 aromatic heterocycles. The molecule has 0 spiro atoms. The highest BCUT2D eigenvalue weighted by molar-refractivity contribution is 6.31. The number of benzene rings is 1. The van der Waals surface area contributed by atoms with Crippen LogP contribution in [0.3, 0.4) is 0 Å². The quantitative estimate of drug-likeness (QED) is 0.507. The number of nitrogens with two attached hydrogens (primary N) is 2. The Hall–Kier alpha value is -1.06. The summed E-state index contributed by atoms with van der Waals surface area (Å²) < 4.78 is 0. The van der Waals surface area contributed by atoms with Crippen LogP contribution in [0.15, 0.2) is 12.1 Å². The number of nitrogens with one attached hydrogen (secondary N) is 1. The highest BCUT2D eigenvalue weighted by atomic mass is 35.5. The van der Waals surface area contributed by atoms with Crippen molar-refractivity contribution in [3.63, 3.8) is 0 Å². The third-order valence-corrected chi connectivity index (χ3v) is 2.04. The summed E-state index contributed by atoms with van der Waals surface area (Å²) in [7, 11) is 0. The van der Waals surface area contributed by atoms with Gasteiger partial charge in [-0.2, -0.15) is 0 Å². The Morgan fingerprint density at radius 1 is 1.46 bits per heavy atom. The molecule has 13 heavy (non-hydrogen) atoms. The van der Waals surface area contributed by atoms with Gasteiger partial charge in [0.2, 0.25) is 0 Å². The van der Waals surface area contributed by atoms with Gasteiger partial charge in [0.25, 0.3) is 0 Å². The summed E-state index contributed by atoms with van der Waals surface area (Å²) in [6.07, 6.45) is 1.92. The normalized spacial score (nSPS) is 10.0. The standard InChI is InChI=1S/C9H12ClN3/c10-7-3-6(1-2-11)8(5-12)9(13)4-7/h3-5,12H,1-2,11,13H2. The zero-order chi connectivity index (χ0) is 9.84. The van der Waals surface area contributed by atoms with Crippen molar-refractivity contribution in [3.8, 4) is 0 Å². The summed E-state index contributed by atoms with van der Waals surface area (Å²) in [6.45, 7) is 0.528. The molecule has 0 radical (unpaired) electrons. The van der Waals surface area contributed by atoms with Crippen LogP contribution in [0.2, 0.25) is 5.02 Å². The molecule has 70 valence electrons. The minimum Gasteiger partial charge on any atom is -0.398 e. The number of rotatable bonds is 3. The smallest absolute Gasteiger partial charge is 0.0429 e. The Morgan fingerprint density at radius 2 is 2.15 bits per heavy atom. The first kappa shape index (κ1) is 10.0. The van der Waals surface area contributed by atoms with Crippen LogP contribution in [-0.4, -0.2) is 12.8 Å². The van der Waals surface area contributed by atoms with Gasteiger partial charge in [-0.25, -0.2) is 0 Å². The number of halogens is 1. The van der Waals surface area contributed by atoms with Gasteiger partial charge >= 0.3 is 0 Å². The predicted molar refractivity (Wildman–Crippen MR) is 56.5 cm³/mol. The van der Waals surface area contributed by atoms with Gasteiger partial charge in [-0.1, -0.05) is 11.6 Å². The molecule has 1 aromatic carbocycles. The van der Waals surface area contributed by atoms with Gasteiger partial charge in [0, 0.05) is 22.5 Å². The minimum atomic E-state index is 0.528. The fourth-order valence-corrected chi connectivity index (χ4v) is 1.49. The first-order valence-electron chi connectivity index (χ1n) is 3.97. The second-order valence-electron chi connectivity index (χ2n) is 2.75. The van der Waals surface area contributed by atoms with Crippen molar-refractivity contribution in [2.24, 2.45) is 5.73 Å². The van der Waals surface area contributed by atoms with E-state index in [0.29, 0.717) is 23.7 Å². The summed E-state index contributed by atoms with van der Waals surface area (Å²) in [5.74, 6) is 0. The van der Waals surface area contributed by atoms with Gasteiger partial charge in [0.05, 0.1) is 0 Å². The van der Waals surface area contributed by atoms with Gasteiger partial charge in [-0.05, 0) is 30.7 Å². The predicted octanol–water partition coefficient (Wildman–Crippen LogP) is 1.42. The molecule has 0 unspecified atom stereocenters. The van der Waals surface area contributed by atoms with Crippen molar-refractivity contribution in [1.82, 2.24) is 0 Å². The largest absolute Gasteiger partial charge is 0.398 e. The summed E-state index contributed by atoms with van der Waals surface area (Å²) >= 11 is 5.82. The van der Waals surface area contributed by atoms with E-state index in [1.165, 1.54) is 6.21 Å². The van der Waals surface area contributed by atoms with Crippen LogP contribution in [0.4, 0.5) is 5.69 Å². The van der Waals surface area contributed by atoms with Crippen molar-refractivity contribution in [2.75, 3.05) is 12.3 Å². The Balaban J connectivity index is 3.20. The second-order valence-corrected chi connectivity index (χ2v) is 3.19. The van der Waals surface area contributed by atoms with E-state index in [0.717, 1.165) is 11.1 Å². The first-order valence-corrected chi connectivity index (χ1v) is 4.35. The molecule has 4 heteroatoms. The average Bonchev–Trinajstić information content (AvgIpc) is 2.04. The summed E-state index contributed by atoms with van der Waals surface area (Å²) in [5.41, 5.74) is 13.3. The number of anilines is 1. The van der Waals surface area contributed by atoms with Gasteiger partial charge in [0.15, 0.2) is 0 Å². The molecule has 5 N–H and O–H groups in total. The van der Waals surface area contributed by atoms with E-state index >= 15 is 0 Å². The van der Waals surface area contributed by atoms with Crippen LogP contribution >= 0.6 is 11.6 Å². The topological polar surface area (TPSA) is 75.9 Å². The summed E-state index contributed by atoms with van der Waals surface area (Å²) in [6, 6.07) is 3.44. The van der Waals surface area contributed by atoms with E-state index in [1.807, 2.05) is 0 Å². The third-order valence-electron chi connectivity index (χ3n) is 1.82. The lowest BCUT2D eigenvalue weighted by Crippen LogP contribution is -2.07. The monoisotopic (exact) mass is 197 g/mol. The van der Waals surface area contributed by atoms with Crippen LogP contribution in [0.1, 0.15) is 11.1 Å². The Labute approximate surface area is 82.2 Å². The second kappa shape index (κ2) is 4.25. The van der Waals surface area contributed by atoms with Gasteiger partial charge in [-0.3, -0.25) is 0 Å². The van der Waals surface area contributed by atoms with E-state index in [2.05, 4.69) is 0 Å². The van der Waals surface area contributed by atoms with E-state index in [1.54, 1.807) is 12.1 Å². The lowest BCUT2D eigenvalue weighted by Gasteiger charge is -2.07. The van der Waals surface area contributed by atoms with E-state index in [-0.39, 0.29) is 0 Å². The molecular formula is C9H12ClN3. The molecule has 0 saturated heterocycles. The molecule has 0 fully saturated rings. The van der Waals surface area contributed by atoms with E-state index < -0.39 is 0 Å². The van der Waals surface area contributed by atoms with Gasteiger partial charge in [-0.15, -0.1) is 0 Å². The van der Waals surface area contributed by atoms with Crippen molar-refractivity contribution >= 4 is 23.5 Å². The number of hydrogen-bond acceptors (Lipinski definition) is 3. The van der Waals surface area contributed by atoms with Gasteiger partial charge < -0.3 is 16.9 Å². The molecule has 3 nitrogen and oxygen atoms in total. The molecule has 0 aliphatic carbocycles. The lowest BCUT2D eigenvalue weighted by molar-refractivity contribution is 0.967. The Morgan fingerprint density at radius 3 is 2.69 bits per heavy atom. The first-order chi connectivity index (χ1) is 6.19. The molecule has 0 saturated carbocycles. The molecule has 0 aliphatic heterocycles. The maximum absolute atomic E-state index is 7.19. The van der Waals surface area contributed by atoms with Crippen molar-refractivity contribution in [1.29, 1.82) is 5.41 Å². The Kier molecular flexibility index (Phi) is 3.28. The van der Waals surface area contributed by atoms with Crippen molar-refractivity contribution < 1.29 is 0 Å². The van der Waals surface area contributed by atoms with Crippen LogP contribution in [0.25, 0.3) is 0 Å². The average molecular weight is 198 g/mol. The summed E-state index contributed by atoms with van der Waals surface area (Å²) in [4.78, 5) is 0. The number of nitrogen functional groups attached to an aromatic ring is 1. The fraction of sp³-hybridized carbons (Fsp3) is 0.222. The highest BCUT2D eigenvalue weighted by Gasteiger charge is 2.04. The van der Waals surface area contributed by atoms with Crippen molar-refractivity contribution in [3.05, 3.63) is 28.3 Å². The van der Waals surface area contributed by atoms with Crippen LogP contribution in [0, 0.1) is 5.41 Å². The third kappa shape index (κ3) is 2.20. The molecule has 0 amide bonds. The molecule has 1 aromatic rings. The molecule has 0 atom stereocenters.